The van der Waals surface area contributed by atoms with Crippen molar-refractivity contribution >= 4 is 5.78 Å². The van der Waals surface area contributed by atoms with Crippen LogP contribution in [-0.4, -0.2) is 5.78 Å². The third kappa shape index (κ3) is 0.985. The van der Waals surface area contributed by atoms with E-state index in [1.807, 2.05) is 6.07 Å². The van der Waals surface area contributed by atoms with Crippen LogP contribution in [0.15, 0.2) is 30.3 Å². The van der Waals surface area contributed by atoms with E-state index in [4.69, 9.17) is 0 Å². The van der Waals surface area contributed by atoms with Gasteiger partial charge >= 0.3 is 0 Å². The lowest BCUT2D eigenvalue weighted by Crippen LogP contribution is -2.49. The van der Waals surface area contributed by atoms with E-state index < -0.39 is 0 Å². The molecule has 0 amide bonds. The lowest BCUT2D eigenvalue weighted by atomic mass is 9.50. The maximum atomic E-state index is 11.4. The second-order valence-corrected chi connectivity index (χ2v) is 4.72. The Bertz CT molecular complexity index is 360. The molecule has 72 valence electrons. The highest BCUT2D eigenvalue weighted by molar-refractivity contribution is 5.91. The molecule has 2 saturated carbocycles. The predicted molar refractivity (Wildman–Crippen MR) is 55.1 cm³/mol. The van der Waals surface area contributed by atoms with Crippen molar-refractivity contribution in [1.82, 2.24) is 0 Å². The van der Waals surface area contributed by atoms with Crippen LogP contribution in [0.25, 0.3) is 0 Å². The number of hydrogen-bond donors (Lipinski definition) is 0. The number of carbonyl (C=O) groups excluding carboxylic acids is 1. The van der Waals surface area contributed by atoms with E-state index in [1.165, 1.54) is 5.56 Å². The number of Topliss-reactive ketones (excluding diaryl/α,β-unsaturated/α-hetero) is 1. The average Bonchev–Trinajstić information content (AvgIpc) is 2.15. The molecule has 1 nitrogen and oxygen atoms in total. The minimum Gasteiger partial charge on any atom is -0.299 e. The first kappa shape index (κ1) is 8.22. The normalized spacial score (nSPS) is 35.1. The quantitative estimate of drug-likeness (QED) is 0.659. The lowest BCUT2D eigenvalue weighted by molar-refractivity contribution is -0.146. The number of rotatable bonds is 1. The number of benzene rings is 1. The molecule has 0 aromatic heterocycles. The van der Waals surface area contributed by atoms with E-state index in [-0.39, 0.29) is 5.41 Å². The fraction of sp³-hybridized carbons (Fsp3) is 0.462. The molecule has 2 fully saturated rings. The topological polar surface area (TPSA) is 17.1 Å². The summed E-state index contributed by atoms with van der Waals surface area (Å²) in [5.74, 6) is 1.17. The fourth-order valence-corrected chi connectivity index (χ4v) is 2.86. The van der Waals surface area contributed by atoms with Crippen molar-refractivity contribution in [2.24, 2.45) is 5.41 Å². The number of ketones is 1. The van der Waals surface area contributed by atoms with Gasteiger partial charge in [0.15, 0.2) is 0 Å². The van der Waals surface area contributed by atoms with E-state index in [0.29, 0.717) is 11.7 Å². The van der Waals surface area contributed by atoms with Crippen molar-refractivity contribution in [3.8, 4) is 0 Å². The Kier molecular flexibility index (Phi) is 1.58. The summed E-state index contributed by atoms with van der Waals surface area (Å²) in [7, 11) is 0. The fourth-order valence-electron chi connectivity index (χ4n) is 2.86. The van der Waals surface area contributed by atoms with Gasteiger partial charge in [-0.3, -0.25) is 4.79 Å². The van der Waals surface area contributed by atoms with Crippen LogP contribution in [0.3, 0.4) is 0 Å². The summed E-state index contributed by atoms with van der Waals surface area (Å²) < 4.78 is 0. The van der Waals surface area contributed by atoms with Gasteiger partial charge in [0.1, 0.15) is 5.78 Å². The van der Waals surface area contributed by atoms with Gasteiger partial charge in [0.25, 0.3) is 0 Å². The molecule has 0 aliphatic heterocycles. The standard InChI is InChI=1S/C13H14O/c14-12-6-7-13(12)8-11(9-13)10-4-2-1-3-5-10/h1-5,11H,6-9H2. The van der Waals surface area contributed by atoms with Gasteiger partial charge < -0.3 is 0 Å². The SMILES string of the molecule is O=C1CCC12CC(c1ccccc1)C2. The molecular formula is C13H14O. The first-order valence-corrected chi connectivity index (χ1v) is 5.38. The van der Waals surface area contributed by atoms with Crippen LogP contribution in [0, 0.1) is 5.41 Å². The second-order valence-electron chi connectivity index (χ2n) is 4.72. The van der Waals surface area contributed by atoms with E-state index in [2.05, 4.69) is 24.3 Å². The van der Waals surface area contributed by atoms with Crippen molar-refractivity contribution in [3.05, 3.63) is 35.9 Å². The maximum Gasteiger partial charge on any atom is 0.139 e. The second kappa shape index (κ2) is 2.69. The zero-order chi connectivity index (χ0) is 9.60. The Labute approximate surface area is 84.1 Å². The minimum absolute atomic E-state index is 0.139. The highest BCUT2D eigenvalue weighted by Gasteiger charge is 2.54. The van der Waals surface area contributed by atoms with Crippen LogP contribution in [0.4, 0.5) is 0 Å². The molecule has 1 heteroatoms. The van der Waals surface area contributed by atoms with Crippen LogP contribution in [0.5, 0.6) is 0 Å². The Balaban J connectivity index is 1.73. The highest BCUT2D eigenvalue weighted by Crippen LogP contribution is 2.59. The van der Waals surface area contributed by atoms with Gasteiger partial charge in [0, 0.05) is 11.8 Å². The lowest BCUT2D eigenvalue weighted by Gasteiger charge is -2.52. The third-order valence-electron chi connectivity index (χ3n) is 3.97. The molecule has 1 spiro atoms. The average molecular weight is 186 g/mol. The largest absolute Gasteiger partial charge is 0.299 e. The van der Waals surface area contributed by atoms with Crippen LogP contribution in [0.2, 0.25) is 0 Å². The van der Waals surface area contributed by atoms with Crippen LogP contribution in [-0.2, 0) is 4.79 Å². The molecule has 2 aliphatic rings. The Morgan fingerprint density at radius 1 is 1.14 bits per heavy atom. The summed E-state index contributed by atoms with van der Waals surface area (Å²) in [6, 6.07) is 10.6. The van der Waals surface area contributed by atoms with Crippen molar-refractivity contribution in [2.75, 3.05) is 0 Å². The molecule has 0 bridgehead atoms. The first-order valence-electron chi connectivity index (χ1n) is 5.38. The van der Waals surface area contributed by atoms with Crippen molar-refractivity contribution in [3.63, 3.8) is 0 Å². The Hall–Kier alpha value is -1.11. The van der Waals surface area contributed by atoms with Crippen molar-refractivity contribution < 1.29 is 4.79 Å². The van der Waals surface area contributed by atoms with Crippen molar-refractivity contribution in [2.45, 2.75) is 31.6 Å². The molecule has 2 aliphatic carbocycles. The van der Waals surface area contributed by atoms with Crippen molar-refractivity contribution in [1.29, 1.82) is 0 Å². The summed E-state index contributed by atoms with van der Waals surface area (Å²) in [5, 5.41) is 0. The van der Waals surface area contributed by atoms with E-state index in [9.17, 15) is 4.79 Å². The molecule has 0 unspecified atom stereocenters. The molecule has 1 aromatic carbocycles. The molecule has 0 saturated heterocycles. The predicted octanol–water partition coefficient (Wildman–Crippen LogP) is 2.91. The third-order valence-corrected chi connectivity index (χ3v) is 3.97. The highest BCUT2D eigenvalue weighted by atomic mass is 16.1. The molecule has 1 aromatic rings. The summed E-state index contributed by atoms with van der Waals surface area (Å²) in [6.07, 6.45) is 4.20. The zero-order valence-corrected chi connectivity index (χ0v) is 8.20. The Morgan fingerprint density at radius 3 is 2.36 bits per heavy atom. The van der Waals surface area contributed by atoms with Crippen LogP contribution >= 0.6 is 0 Å². The van der Waals surface area contributed by atoms with Crippen LogP contribution < -0.4 is 0 Å². The van der Waals surface area contributed by atoms with Gasteiger partial charge in [-0.2, -0.15) is 0 Å². The Morgan fingerprint density at radius 2 is 1.86 bits per heavy atom. The van der Waals surface area contributed by atoms with Gasteiger partial charge in [-0.1, -0.05) is 30.3 Å². The van der Waals surface area contributed by atoms with E-state index >= 15 is 0 Å². The van der Waals surface area contributed by atoms with Gasteiger partial charge in [-0.15, -0.1) is 0 Å². The molecule has 0 N–H and O–H groups in total. The summed E-state index contributed by atoms with van der Waals surface area (Å²) >= 11 is 0. The van der Waals surface area contributed by atoms with Gasteiger partial charge in [0.2, 0.25) is 0 Å². The molecular weight excluding hydrogens is 172 g/mol. The van der Waals surface area contributed by atoms with Gasteiger partial charge in [0.05, 0.1) is 0 Å². The molecule has 0 heterocycles. The van der Waals surface area contributed by atoms with Crippen LogP contribution in [0.1, 0.15) is 37.2 Å². The van der Waals surface area contributed by atoms with Gasteiger partial charge in [-0.25, -0.2) is 0 Å². The zero-order valence-electron chi connectivity index (χ0n) is 8.20. The number of carbonyl (C=O) groups is 1. The molecule has 0 atom stereocenters. The summed E-state index contributed by atoms with van der Waals surface area (Å²) in [4.78, 5) is 11.4. The smallest absolute Gasteiger partial charge is 0.139 e. The van der Waals surface area contributed by atoms with Gasteiger partial charge in [-0.05, 0) is 30.7 Å². The maximum absolute atomic E-state index is 11.4. The van der Waals surface area contributed by atoms with E-state index in [0.717, 1.165) is 25.7 Å². The summed E-state index contributed by atoms with van der Waals surface area (Å²) in [6.45, 7) is 0. The molecule has 14 heavy (non-hydrogen) atoms. The monoisotopic (exact) mass is 186 g/mol. The minimum atomic E-state index is 0.139. The first-order chi connectivity index (χ1) is 6.80. The molecule has 0 radical (unpaired) electrons. The number of hydrogen-bond acceptors (Lipinski definition) is 1. The molecule has 3 rings (SSSR count). The summed E-state index contributed by atoms with van der Waals surface area (Å²) in [5.41, 5.74) is 1.55. The van der Waals surface area contributed by atoms with E-state index in [1.54, 1.807) is 0 Å².